The first-order chi connectivity index (χ1) is 12.4. The van der Waals surface area contributed by atoms with Crippen LogP contribution in [0.3, 0.4) is 0 Å². The van der Waals surface area contributed by atoms with Crippen LogP contribution in [0.2, 0.25) is 0 Å². The molecule has 1 unspecified atom stereocenters. The van der Waals surface area contributed by atoms with E-state index in [0.29, 0.717) is 5.56 Å². The molecule has 140 valence electrons. The summed E-state index contributed by atoms with van der Waals surface area (Å²) in [6.45, 7) is 3.45. The Labute approximate surface area is 153 Å². The molecule has 2 aliphatic rings. The molecule has 4 amide bonds. The smallest absolute Gasteiger partial charge is 0.325 e. The van der Waals surface area contributed by atoms with Crippen molar-refractivity contribution < 1.29 is 19.1 Å². The van der Waals surface area contributed by atoms with Crippen LogP contribution in [0.5, 0.6) is 0 Å². The van der Waals surface area contributed by atoms with Gasteiger partial charge in [-0.25, -0.2) is 4.79 Å². The maximum Gasteiger partial charge on any atom is 0.325 e. The summed E-state index contributed by atoms with van der Waals surface area (Å²) in [6, 6.07) is 6.71. The number of hydrogen-bond acceptors (Lipinski definition) is 4. The maximum atomic E-state index is 12.7. The van der Waals surface area contributed by atoms with Crippen LogP contribution < -0.4 is 5.32 Å². The molecular formula is C19H25N3O4. The van der Waals surface area contributed by atoms with E-state index in [1.54, 1.807) is 25.1 Å². The Hall–Kier alpha value is -2.41. The Morgan fingerprint density at radius 2 is 1.96 bits per heavy atom. The Bertz CT molecular complexity index is 714. The largest absolute Gasteiger partial charge is 0.382 e. The van der Waals surface area contributed by atoms with E-state index >= 15 is 0 Å². The van der Waals surface area contributed by atoms with Crippen molar-refractivity contribution in [1.82, 2.24) is 15.1 Å². The second-order valence-corrected chi connectivity index (χ2v) is 7.14. The van der Waals surface area contributed by atoms with E-state index in [2.05, 4.69) is 5.32 Å². The fraction of sp³-hybridized carbons (Fsp3) is 0.526. The lowest BCUT2D eigenvalue weighted by molar-refractivity contribution is -0.132. The summed E-state index contributed by atoms with van der Waals surface area (Å²) in [6.07, 6.45) is 3.23. The van der Waals surface area contributed by atoms with Gasteiger partial charge < -0.3 is 15.0 Å². The predicted molar refractivity (Wildman–Crippen MR) is 95.6 cm³/mol. The summed E-state index contributed by atoms with van der Waals surface area (Å²) in [5, 5.41) is 2.68. The highest BCUT2D eigenvalue weighted by molar-refractivity contribution is 6.06. The molecule has 0 aliphatic carbocycles. The number of piperidine rings is 1. The van der Waals surface area contributed by atoms with Crippen LogP contribution in [0.25, 0.3) is 0 Å². The third kappa shape index (κ3) is 3.58. The number of ether oxygens (including phenoxy) is 1. The second-order valence-electron chi connectivity index (χ2n) is 7.14. The van der Waals surface area contributed by atoms with Gasteiger partial charge in [0.1, 0.15) is 5.54 Å². The summed E-state index contributed by atoms with van der Waals surface area (Å²) in [7, 11) is 1.49. The third-order valence-corrected chi connectivity index (χ3v) is 4.94. The lowest BCUT2D eigenvalue weighted by Gasteiger charge is -2.27. The molecule has 0 saturated carbocycles. The lowest BCUT2D eigenvalue weighted by atomic mass is 10.0. The molecule has 2 fully saturated rings. The molecule has 2 saturated heterocycles. The normalized spacial score (nSPS) is 23.3. The SMILES string of the molecule is COCC1(C)NC(=O)N(Cc2cccc(C(=O)N3CCCCC3)c2)C1=O. The molecule has 3 rings (SSSR count). The highest BCUT2D eigenvalue weighted by Gasteiger charge is 2.47. The Balaban J connectivity index is 1.73. The average molecular weight is 359 g/mol. The molecule has 1 N–H and O–H groups in total. The Morgan fingerprint density at radius 1 is 1.23 bits per heavy atom. The van der Waals surface area contributed by atoms with Gasteiger partial charge >= 0.3 is 6.03 Å². The Kier molecular flexibility index (Phi) is 5.27. The highest BCUT2D eigenvalue weighted by atomic mass is 16.5. The Morgan fingerprint density at radius 3 is 2.65 bits per heavy atom. The minimum Gasteiger partial charge on any atom is -0.382 e. The van der Waals surface area contributed by atoms with Crippen LogP contribution in [0, 0.1) is 0 Å². The molecule has 1 aromatic carbocycles. The van der Waals surface area contributed by atoms with Crippen molar-refractivity contribution in [2.75, 3.05) is 26.8 Å². The van der Waals surface area contributed by atoms with Crippen LogP contribution >= 0.6 is 0 Å². The number of nitrogens with one attached hydrogen (secondary N) is 1. The van der Waals surface area contributed by atoms with Crippen molar-refractivity contribution in [3.63, 3.8) is 0 Å². The highest BCUT2D eigenvalue weighted by Crippen LogP contribution is 2.21. The fourth-order valence-electron chi connectivity index (χ4n) is 3.54. The minimum atomic E-state index is -1.05. The third-order valence-electron chi connectivity index (χ3n) is 4.94. The fourth-order valence-corrected chi connectivity index (χ4v) is 3.54. The number of likely N-dealkylation sites (tertiary alicyclic amines) is 1. The van der Waals surface area contributed by atoms with E-state index in [4.69, 9.17) is 4.74 Å². The number of nitrogens with zero attached hydrogens (tertiary/aromatic N) is 2. The summed E-state index contributed by atoms with van der Waals surface area (Å²) < 4.78 is 5.05. The van der Waals surface area contributed by atoms with E-state index in [0.717, 1.165) is 37.9 Å². The number of methoxy groups -OCH3 is 1. The molecule has 26 heavy (non-hydrogen) atoms. The quantitative estimate of drug-likeness (QED) is 0.813. The van der Waals surface area contributed by atoms with E-state index in [1.165, 1.54) is 12.0 Å². The minimum absolute atomic E-state index is 0.00738. The van der Waals surface area contributed by atoms with Crippen LogP contribution in [0.1, 0.15) is 42.1 Å². The molecule has 0 radical (unpaired) electrons. The van der Waals surface area contributed by atoms with Crippen molar-refractivity contribution in [2.45, 2.75) is 38.3 Å². The van der Waals surface area contributed by atoms with Gasteiger partial charge in [-0.05, 0) is 43.9 Å². The van der Waals surface area contributed by atoms with E-state index in [-0.39, 0.29) is 25.0 Å². The first-order valence-electron chi connectivity index (χ1n) is 8.96. The first kappa shape index (κ1) is 18.4. The zero-order chi connectivity index (χ0) is 18.7. The van der Waals surface area contributed by atoms with Gasteiger partial charge in [0, 0.05) is 25.8 Å². The van der Waals surface area contributed by atoms with Crippen molar-refractivity contribution in [3.8, 4) is 0 Å². The summed E-state index contributed by atoms with van der Waals surface area (Å²) in [5.74, 6) is -0.315. The van der Waals surface area contributed by atoms with Gasteiger partial charge in [-0.1, -0.05) is 12.1 Å². The molecule has 7 nitrogen and oxygen atoms in total. The number of urea groups is 1. The average Bonchev–Trinajstić information content (AvgIpc) is 2.85. The zero-order valence-corrected chi connectivity index (χ0v) is 15.3. The summed E-state index contributed by atoms with van der Waals surface area (Å²) in [4.78, 5) is 40.5. The molecule has 0 bridgehead atoms. The molecule has 2 aliphatic heterocycles. The van der Waals surface area contributed by atoms with Gasteiger partial charge in [0.25, 0.3) is 11.8 Å². The van der Waals surface area contributed by atoms with Crippen molar-refractivity contribution in [3.05, 3.63) is 35.4 Å². The van der Waals surface area contributed by atoms with Crippen LogP contribution in [-0.4, -0.2) is 60.0 Å². The van der Waals surface area contributed by atoms with Gasteiger partial charge in [-0.3, -0.25) is 14.5 Å². The van der Waals surface area contributed by atoms with Crippen molar-refractivity contribution in [2.24, 2.45) is 0 Å². The second kappa shape index (κ2) is 7.45. The predicted octanol–water partition coefficient (Wildman–Crippen LogP) is 1.77. The number of benzene rings is 1. The maximum absolute atomic E-state index is 12.7. The number of carbonyl (C=O) groups excluding carboxylic acids is 3. The molecule has 7 heteroatoms. The monoisotopic (exact) mass is 359 g/mol. The van der Waals surface area contributed by atoms with E-state index in [1.807, 2.05) is 11.0 Å². The first-order valence-corrected chi connectivity index (χ1v) is 8.96. The van der Waals surface area contributed by atoms with Crippen LogP contribution in [0.15, 0.2) is 24.3 Å². The molecule has 1 atom stereocenters. The number of carbonyl (C=O) groups is 3. The van der Waals surface area contributed by atoms with Gasteiger partial charge in [-0.2, -0.15) is 0 Å². The molecule has 0 aromatic heterocycles. The molecule has 0 spiro atoms. The van der Waals surface area contributed by atoms with E-state index in [9.17, 15) is 14.4 Å². The van der Waals surface area contributed by atoms with Crippen LogP contribution in [0.4, 0.5) is 4.79 Å². The topological polar surface area (TPSA) is 79.0 Å². The molecule has 1 aromatic rings. The summed E-state index contributed by atoms with van der Waals surface area (Å²) >= 11 is 0. The number of rotatable bonds is 5. The van der Waals surface area contributed by atoms with Crippen molar-refractivity contribution >= 4 is 17.8 Å². The van der Waals surface area contributed by atoms with Gasteiger partial charge in [0.05, 0.1) is 13.2 Å². The zero-order valence-electron chi connectivity index (χ0n) is 15.3. The van der Waals surface area contributed by atoms with E-state index < -0.39 is 11.6 Å². The van der Waals surface area contributed by atoms with Crippen LogP contribution in [-0.2, 0) is 16.1 Å². The number of amides is 4. The van der Waals surface area contributed by atoms with Crippen molar-refractivity contribution in [1.29, 1.82) is 0 Å². The number of hydrogen-bond donors (Lipinski definition) is 1. The van der Waals surface area contributed by atoms with Gasteiger partial charge in [0.15, 0.2) is 0 Å². The lowest BCUT2D eigenvalue weighted by Crippen LogP contribution is -2.47. The van der Waals surface area contributed by atoms with Gasteiger partial charge in [-0.15, -0.1) is 0 Å². The summed E-state index contributed by atoms with van der Waals surface area (Å²) in [5.41, 5.74) is 0.293. The number of imide groups is 1. The van der Waals surface area contributed by atoms with Gasteiger partial charge in [0.2, 0.25) is 0 Å². The molecule has 2 heterocycles. The standard InChI is InChI=1S/C19H25N3O4/c1-19(13-26-2)17(24)22(18(25)20-19)12-14-7-6-8-15(11-14)16(23)21-9-4-3-5-10-21/h6-8,11H,3-5,9-10,12-13H2,1-2H3,(H,20,25). The molecular weight excluding hydrogens is 334 g/mol.